The Morgan fingerprint density at radius 1 is 1.47 bits per heavy atom. The predicted molar refractivity (Wildman–Crippen MR) is 70.1 cm³/mol. The molecule has 0 aliphatic carbocycles. The molecule has 1 aromatic rings. The SMILES string of the molecule is COCCNCCNC(=O)c1cc(Cl)c[nH]1.Cl. The molecule has 17 heavy (non-hydrogen) atoms. The van der Waals surface area contributed by atoms with Gasteiger partial charge in [0.1, 0.15) is 5.69 Å². The van der Waals surface area contributed by atoms with Crippen LogP contribution in [0.15, 0.2) is 12.3 Å². The maximum atomic E-state index is 11.5. The molecule has 0 saturated heterocycles. The number of carbonyl (C=O) groups is 1. The molecule has 1 amide bonds. The Morgan fingerprint density at radius 3 is 2.82 bits per heavy atom. The van der Waals surface area contributed by atoms with Crippen LogP contribution in [-0.4, -0.2) is 44.2 Å². The van der Waals surface area contributed by atoms with Crippen molar-refractivity contribution < 1.29 is 9.53 Å². The van der Waals surface area contributed by atoms with Crippen molar-refractivity contribution in [1.82, 2.24) is 15.6 Å². The highest BCUT2D eigenvalue weighted by molar-refractivity contribution is 6.30. The van der Waals surface area contributed by atoms with E-state index in [-0.39, 0.29) is 18.3 Å². The fourth-order valence-corrected chi connectivity index (χ4v) is 1.32. The molecule has 0 fully saturated rings. The van der Waals surface area contributed by atoms with E-state index in [4.69, 9.17) is 16.3 Å². The van der Waals surface area contributed by atoms with Crippen LogP contribution in [0.4, 0.5) is 0 Å². The Bertz CT molecular complexity index is 331. The number of nitrogens with one attached hydrogen (secondary N) is 3. The van der Waals surface area contributed by atoms with Crippen LogP contribution in [0.1, 0.15) is 10.5 Å². The first-order chi connectivity index (χ1) is 7.74. The topological polar surface area (TPSA) is 66.2 Å². The summed E-state index contributed by atoms with van der Waals surface area (Å²) in [5, 5.41) is 6.41. The largest absolute Gasteiger partial charge is 0.383 e. The number of hydrogen-bond acceptors (Lipinski definition) is 3. The van der Waals surface area contributed by atoms with Gasteiger partial charge in [-0.05, 0) is 6.07 Å². The standard InChI is InChI=1S/C10H16ClN3O2.ClH/c1-16-5-4-12-2-3-13-10(15)9-6-8(11)7-14-9;/h6-7,12,14H,2-5H2,1H3,(H,13,15);1H. The zero-order chi connectivity index (χ0) is 11.8. The van der Waals surface area contributed by atoms with Gasteiger partial charge < -0.3 is 20.4 Å². The van der Waals surface area contributed by atoms with Crippen molar-refractivity contribution in [2.24, 2.45) is 0 Å². The molecule has 1 rings (SSSR count). The van der Waals surface area contributed by atoms with E-state index in [1.807, 2.05) is 0 Å². The fourth-order valence-electron chi connectivity index (χ4n) is 1.16. The van der Waals surface area contributed by atoms with Crippen LogP contribution >= 0.6 is 24.0 Å². The van der Waals surface area contributed by atoms with Crippen molar-refractivity contribution >= 4 is 29.9 Å². The zero-order valence-corrected chi connectivity index (χ0v) is 11.2. The van der Waals surface area contributed by atoms with Crippen molar-refractivity contribution in [2.45, 2.75) is 0 Å². The number of methoxy groups -OCH3 is 1. The number of hydrogen-bond donors (Lipinski definition) is 3. The maximum absolute atomic E-state index is 11.5. The third-order valence-corrected chi connectivity index (χ3v) is 2.18. The molecule has 0 radical (unpaired) electrons. The van der Waals surface area contributed by atoms with Gasteiger partial charge in [-0.3, -0.25) is 4.79 Å². The Kier molecular flexibility index (Phi) is 8.89. The normalized spacial score (nSPS) is 9.76. The molecule has 0 spiro atoms. The second-order valence-corrected chi connectivity index (χ2v) is 3.67. The first-order valence-electron chi connectivity index (χ1n) is 5.06. The minimum absolute atomic E-state index is 0. The van der Waals surface area contributed by atoms with Gasteiger partial charge in [0.05, 0.1) is 11.6 Å². The maximum Gasteiger partial charge on any atom is 0.267 e. The van der Waals surface area contributed by atoms with Crippen LogP contribution < -0.4 is 10.6 Å². The monoisotopic (exact) mass is 281 g/mol. The summed E-state index contributed by atoms with van der Waals surface area (Å²) < 4.78 is 4.87. The van der Waals surface area contributed by atoms with Crippen LogP contribution in [0.5, 0.6) is 0 Å². The van der Waals surface area contributed by atoms with Gasteiger partial charge in [0.15, 0.2) is 0 Å². The first kappa shape index (κ1) is 16.2. The van der Waals surface area contributed by atoms with Gasteiger partial charge in [-0.15, -0.1) is 12.4 Å². The van der Waals surface area contributed by atoms with Crippen LogP contribution in [0.3, 0.4) is 0 Å². The summed E-state index contributed by atoms with van der Waals surface area (Å²) in [5.74, 6) is -0.152. The molecule has 5 nitrogen and oxygen atoms in total. The summed E-state index contributed by atoms with van der Waals surface area (Å²) in [6.45, 7) is 2.73. The average Bonchev–Trinajstić information content (AvgIpc) is 2.70. The summed E-state index contributed by atoms with van der Waals surface area (Å²) in [5.41, 5.74) is 0.474. The number of ether oxygens (including phenoxy) is 1. The molecule has 0 aromatic carbocycles. The molecule has 0 atom stereocenters. The first-order valence-corrected chi connectivity index (χ1v) is 5.43. The summed E-state index contributed by atoms with van der Waals surface area (Å²) >= 11 is 5.69. The smallest absolute Gasteiger partial charge is 0.267 e. The van der Waals surface area contributed by atoms with E-state index < -0.39 is 0 Å². The molecular formula is C10H17Cl2N3O2. The minimum Gasteiger partial charge on any atom is -0.383 e. The highest BCUT2D eigenvalue weighted by Crippen LogP contribution is 2.08. The van der Waals surface area contributed by atoms with Gasteiger partial charge in [0.2, 0.25) is 0 Å². The molecular weight excluding hydrogens is 265 g/mol. The predicted octanol–water partition coefficient (Wildman–Crippen LogP) is 1.06. The van der Waals surface area contributed by atoms with Gasteiger partial charge in [-0.1, -0.05) is 11.6 Å². The molecule has 98 valence electrons. The summed E-state index contributed by atoms with van der Waals surface area (Å²) in [4.78, 5) is 14.3. The number of halogens is 2. The Labute approximate surface area is 112 Å². The van der Waals surface area contributed by atoms with Crippen molar-refractivity contribution in [3.63, 3.8) is 0 Å². The van der Waals surface area contributed by atoms with Crippen LogP contribution in [-0.2, 0) is 4.74 Å². The lowest BCUT2D eigenvalue weighted by molar-refractivity contribution is 0.0949. The number of aromatic amines is 1. The fraction of sp³-hybridized carbons (Fsp3) is 0.500. The third-order valence-electron chi connectivity index (χ3n) is 1.96. The average molecular weight is 282 g/mol. The molecule has 7 heteroatoms. The summed E-state index contributed by atoms with van der Waals surface area (Å²) in [7, 11) is 1.65. The van der Waals surface area contributed by atoms with Gasteiger partial charge in [0, 0.05) is 32.9 Å². The number of amides is 1. The molecule has 0 aliphatic rings. The molecule has 0 saturated carbocycles. The second-order valence-electron chi connectivity index (χ2n) is 3.23. The number of aromatic nitrogens is 1. The van der Waals surface area contributed by atoms with E-state index in [1.165, 1.54) is 0 Å². The number of rotatable bonds is 7. The summed E-state index contributed by atoms with van der Waals surface area (Å²) in [6, 6.07) is 1.59. The summed E-state index contributed by atoms with van der Waals surface area (Å²) in [6.07, 6.45) is 1.58. The van der Waals surface area contributed by atoms with Gasteiger partial charge in [0.25, 0.3) is 5.91 Å². The Morgan fingerprint density at radius 2 is 2.24 bits per heavy atom. The molecule has 0 bridgehead atoms. The molecule has 1 aromatic heterocycles. The van der Waals surface area contributed by atoms with Crippen LogP contribution in [0.2, 0.25) is 5.02 Å². The van der Waals surface area contributed by atoms with Gasteiger partial charge >= 0.3 is 0 Å². The zero-order valence-electron chi connectivity index (χ0n) is 9.59. The van der Waals surface area contributed by atoms with Crippen LogP contribution in [0, 0.1) is 0 Å². The quantitative estimate of drug-likeness (QED) is 0.655. The number of H-pyrrole nitrogens is 1. The molecule has 0 unspecified atom stereocenters. The Balaban J connectivity index is 0.00000256. The van der Waals surface area contributed by atoms with E-state index in [0.717, 1.165) is 6.54 Å². The Hall–Kier alpha value is -0.750. The van der Waals surface area contributed by atoms with E-state index in [0.29, 0.717) is 30.4 Å². The van der Waals surface area contributed by atoms with E-state index in [1.54, 1.807) is 19.4 Å². The van der Waals surface area contributed by atoms with Gasteiger partial charge in [-0.2, -0.15) is 0 Å². The molecule has 0 aliphatic heterocycles. The van der Waals surface area contributed by atoms with Crippen molar-refractivity contribution in [1.29, 1.82) is 0 Å². The lowest BCUT2D eigenvalue weighted by Crippen LogP contribution is -2.33. The lowest BCUT2D eigenvalue weighted by Gasteiger charge is -2.05. The highest BCUT2D eigenvalue weighted by Gasteiger charge is 2.06. The second kappa shape index (κ2) is 9.30. The molecule has 1 heterocycles. The van der Waals surface area contributed by atoms with Crippen molar-refractivity contribution in [2.75, 3.05) is 33.4 Å². The van der Waals surface area contributed by atoms with E-state index in [2.05, 4.69) is 15.6 Å². The minimum atomic E-state index is -0.152. The highest BCUT2D eigenvalue weighted by atomic mass is 35.5. The molecule has 3 N–H and O–H groups in total. The van der Waals surface area contributed by atoms with E-state index >= 15 is 0 Å². The lowest BCUT2D eigenvalue weighted by atomic mass is 10.4. The van der Waals surface area contributed by atoms with E-state index in [9.17, 15) is 4.79 Å². The van der Waals surface area contributed by atoms with Gasteiger partial charge in [-0.25, -0.2) is 0 Å². The van der Waals surface area contributed by atoms with Crippen molar-refractivity contribution in [3.05, 3.63) is 23.0 Å². The third kappa shape index (κ3) is 6.53. The van der Waals surface area contributed by atoms with Crippen LogP contribution in [0.25, 0.3) is 0 Å². The number of carbonyl (C=O) groups excluding carboxylic acids is 1. The van der Waals surface area contributed by atoms with Crippen molar-refractivity contribution in [3.8, 4) is 0 Å².